The number of phenols is 1. The van der Waals surface area contributed by atoms with E-state index < -0.39 is 0 Å². The first kappa shape index (κ1) is 30.7. The average Bonchev–Trinajstić information content (AvgIpc) is 3.74. The van der Waals surface area contributed by atoms with Crippen molar-refractivity contribution in [2.24, 2.45) is 7.05 Å². The highest BCUT2D eigenvalue weighted by atomic mass is 32.1. The second-order valence-electron chi connectivity index (χ2n) is 12.9. The summed E-state index contributed by atoms with van der Waals surface area (Å²) in [4.78, 5) is 10.1. The number of aryl methyl sites for hydroxylation is 1. The Morgan fingerprint density at radius 1 is 0.471 bits per heavy atom. The number of benzene rings is 5. The molecule has 0 saturated heterocycles. The molecule has 0 unspecified atom stereocenters. The molecule has 0 atom stereocenters. The van der Waals surface area contributed by atoms with Gasteiger partial charge in [0.25, 0.3) is 0 Å². The maximum Gasteiger partial charge on any atom is 0.124 e. The number of aromatic hydroxyl groups is 1. The summed E-state index contributed by atoms with van der Waals surface area (Å²) in [6.45, 7) is 2.06. The van der Waals surface area contributed by atoms with Crippen molar-refractivity contribution in [3.8, 4) is 73.2 Å². The van der Waals surface area contributed by atoms with Gasteiger partial charge in [0.15, 0.2) is 0 Å². The molecule has 0 saturated carbocycles. The van der Waals surface area contributed by atoms with Gasteiger partial charge in [0, 0.05) is 66.6 Å². The lowest BCUT2D eigenvalue weighted by Crippen LogP contribution is -1.97. The number of pyridine rings is 2. The molecule has 0 aliphatic heterocycles. The van der Waals surface area contributed by atoms with Crippen LogP contribution in [0, 0.1) is 6.92 Å². The summed E-state index contributed by atoms with van der Waals surface area (Å²) in [6.07, 6.45) is 0. The molecule has 0 fully saturated rings. The van der Waals surface area contributed by atoms with Gasteiger partial charge in [-0.2, -0.15) is 0 Å². The predicted molar refractivity (Wildman–Crippen MR) is 213 cm³/mol. The first-order valence-electron chi connectivity index (χ1n) is 17.0. The van der Waals surface area contributed by atoms with Crippen molar-refractivity contribution in [1.82, 2.24) is 14.5 Å². The van der Waals surface area contributed by atoms with Gasteiger partial charge in [-0.1, -0.05) is 91.0 Å². The lowest BCUT2D eigenvalue weighted by atomic mass is 9.98. The van der Waals surface area contributed by atoms with E-state index in [1.165, 1.54) is 31.4 Å². The van der Waals surface area contributed by atoms with Crippen molar-refractivity contribution < 1.29 is 5.11 Å². The van der Waals surface area contributed by atoms with Gasteiger partial charge in [-0.3, -0.25) is 4.98 Å². The second kappa shape index (κ2) is 12.5. The Hall–Kier alpha value is -6.30. The fourth-order valence-corrected chi connectivity index (χ4v) is 8.23. The smallest absolute Gasteiger partial charge is 0.124 e. The van der Waals surface area contributed by atoms with Crippen LogP contribution >= 0.6 is 11.3 Å². The Bertz CT molecular complexity index is 2740. The number of thiophene rings is 1. The average molecular weight is 676 g/mol. The van der Waals surface area contributed by atoms with E-state index in [2.05, 4.69) is 128 Å². The molecule has 0 spiro atoms. The molecule has 4 nitrogen and oxygen atoms in total. The van der Waals surface area contributed by atoms with Gasteiger partial charge >= 0.3 is 0 Å². The molecule has 51 heavy (non-hydrogen) atoms. The van der Waals surface area contributed by atoms with Crippen LogP contribution in [0.1, 0.15) is 5.69 Å². The minimum absolute atomic E-state index is 0.205. The van der Waals surface area contributed by atoms with Gasteiger partial charge in [-0.15, -0.1) is 11.3 Å². The van der Waals surface area contributed by atoms with Crippen molar-refractivity contribution in [3.05, 3.63) is 163 Å². The Balaban J connectivity index is 1.10. The SMILES string of the molecule is Cc1cc(-c2ccc(-c3ccc4c(c3)sc3ccccc34)n2C)cc(-c2cccc(-c3cc(-c4ccccc4)cc(-c4ccccc4O)n3)c2)n1. The molecule has 0 aliphatic rings. The maximum atomic E-state index is 10.7. The Morgan fingerprint density at radius 2 is 1.12 bits per heavy atom. The molecule has 244 valence electrons. The van der Waals surface area contributed by atoms with E-state index in [9.17, 15) is 5.11 Å². The number of aromatic nitrogens is 3. The zero-order chi connectivity index (χ0) is 34.5. The van der Waals surface area contributed by atoms with E-state index >= 15 is 0 Å². The highest BCUT2D eigenvalue weighted by molar-refractivity contribution is 7.25. The fraction of sp³-hybridized carbons (Fsp3) is 0.0435. The van der Waals surface area contributed by atoms with Gasteiger partial charge in [-0.25, -0.2) is 4.98 Å². The second-order valence-corrected chi connectivity index (χ2v) is 14.0. The summed E-state index contributed by atoms with van der Waals surface area (Å²) >= 11 is 1.85. The molecule has 0 aliphatic carbocycles. The first-order valence-corrected chi connectivity index (χ1v) is 17.8. The number of rotatable bonds is 6. The Morgan fingerprint density at radius 3 is 1.94 bits per heavy atom. The standard InChI is InChI=1S/C46H33N3OS/c1-29-23-35(43-22-21-42(49(43)2)33-19-20-37-36-15-7-9-18-45(36)51-46(37)28-33)27-39(47-29)31-13-10-14-32(24-31)40-25-34(30-11-4-3-5-12-30)26-41(48-40)38-16-6-8-17-44(38)50/h3-28,50H,1-2H3. The van der Waals surface area contributed by atoms with Crippen LogP contribution < -0.4 is 0 Å². The molecular weight excluding hydrogens is 643 g/mol. The van der Waals surface area contributed by atoms with E-state index in [1.54, 1.807) is 6.07 Å². The van der Waals surface area contributed by atoms with E-state index in [-0.39, 0.29) is 5.75 Å². The third-order valence-electron chi connectivity index (χ3n) is 9.61. The summed E-state index contributed by atoms with van der Waals surface area (Å²) in [5.41, 5.74) is 12.8. The molecule has 5 heteroatoms. The normalized spacial score (nSPS) is 11.4. The minimum Gasteiger partial charge on any atom is -0.507 e. The van der Waals surface area contributed by atoms with Crippen LogP contribution in [0.15, 0.2) is 158 Å². The van der Waals surface area contributed by atoms with E-state index in [1.807, 2.05) is 53.8 Å². The summed E-state index contributed by atoms with van der Waals surface area (Å²) in [6, 6.07) is 54.4. The Labute approximate surface area is 300 Å². The van der Waals surface area contributed by atoms with Crippen LogP contribution in [-0.2, 0) is 7.05 Å². The van der Waals surface area contributed by atoms with Crippen molar-refractivity contribution in [2.45, 2.75) is 6.92 Å². The number of fused-ring (bicyclic) bond motifs is 3. The van der Waals surface area contributed by atoms with Gasteiger partial charge in [0.2, 0.25) is 0 Å². The van der Waals surface area contributed by atoms with E-state index in [0.29, 0.717) is 5.56 Å². The van der Waals surface area contributed by atoms with Gasteiger partial charge in [-0.05, 0) is 90.3 Å². The van der Waals surface area contributed by atoms with Crippen molar-refractivity contribution in [3.63, 3.8) is 0 Å². The quantitative estimate of drug-likeness (QED) is 0.191. The van der Waals surface area contributed by atoms with Crippen molar-refractivity contribution >= 4 is 31.5 Å². The molecule has 0 bridgehead atoms. The maximum absolute atomic E-state index is 10.7. The number of nitrogens with zero attached hydrogens (tertiary/aromatic N) is 3. The van der Waals surface area contributed by atoms with Crippen molar-refractivity contribution in [1.29, 1.82) is 0 Å². The largest absolute Gasteiger partial charge is 0.507 e. The molecule has 0 radical (unpaired) electrons. The van der Waals surface area contributed by atoms with E-state index in [0.717, 1.165) is 56.3 Å². The molecule has 4 heterocycles. The number of phenolic OH excluding ortho intramolecular Hbond substituents is 1. The molecule has 9 rings (SSSR count). The molecular formula is C46H33N3OS. The number of hydrogen-bond donors (Lipinski definition) is 1. The topological polar surface area (TPSA) is 50.9 Å². The lowest BCUT2D eigenvalue weighted by molar-refractivity contribution is 0.477. The van der Waals surface area contributed by atoms with Crippen LogP contribution in [0.4, 0.5) is 0 Å². The summed E-state index contributed by atoms with van der Waals surface area (Å²) in [5.74, 6) is 0.205. The van der Waals surface area contributed by atoms with Gasteiger partial charge in [0.1, 0.15) is 5.75 Å². The van der Waals surface area contributed by atoms with Crippen molar-refractivity contribution in [2.75, 3.05) is 0 Å². The molecule has 1 N–H and O–H groups in total. The Kier molecular flexibility index (Phi) is 7.56. The third kappa shape index (κ3) is 5.68. The van der Waals surface area contributed by atoms with Crippen LogP contribution in [0.5, 0.6) is 5.75 Å². The number of para-hydroxylation sites is 1. The van der Waals surface area contributed by atoms with Gasteiger partial charge < -0.3 is 9.67 Å². The predicted octanol–water partition coefficient (Wildman–Crippen LogP) is 12.2. The summed E-state index contributed by atoms with van der Waals surface area (Å²) in [5, 5.41) is 13.4. The van der Waals surface area contributed by atoms with Crippen LogP contribution in [-0.4, -0.2) is 19.6 Å². The van der Waals surface area contributed by atoms with E-state index in [4.69, 9.17) is 9.97 Å². The highest BCUT2D eigenvalue weighted by Gasteiger charge is 2.15. The van der Waals surface area contributed by atoms with Crippen LogP contribution in [0.3, 0.4) is 0 Å². The highest BCUT2D eigenvalue weighted by Crippen LogP contribution is 2.39. The fourth-order valence-electron chi connectivity index (χ4n) is 7.08. The lowest BCUT2D eigenvalue weighted by Gasteiger charge is -2.13. The van der Waals surface area contributed by atoms with Crippen LogP contribution in [0.2, 0.25) is 0 Å². The molecule has 4 aromatic heterocycles. The summed E-state index contributed by atoms with van der Waals surface area (Å²) < 4.78 is 4.90. The molecule has 9 aromatic rings. The third-order valence-corrected chi connectivity index (χ3v) is 10.7. The number of hydrogen-bond acceptors (Lipinski definition) is 4. The van der Waals surface area contributed by atoms with Crippen LogP contribution in [0.25, 0.3) is 87.6 Å². The molecule has 0 amide bonds. The zero-order valence-corrected chi connectivity index (χ0v) is 29.0. The zero-order valence-electron chi connectivity index (χ0n) is 28.2. The first-order chi connectivity index (χ1) is 25.0. The molecule has 5 aromatic carbocycles. The minimum atomic E-state index is 0.205. The monoisotopic (exact) mass is 675 g/mol. The summed E-state index contributed by atoms with van der Waals surface area (Å²) in [7, 11) is 2.14. The van der Waals surface area contributed by atoms with Gasteiger partial charge in [0.05, 0.1) is 17.1 Å².